The average Bonchev–Trinajstić information content (AvgIpc) is 3.02. The van der Waals surface area contributed by atoms with Gasteiger partial charge in [-0.2, -0.15) is 0 Å². The van der Waals surface area contributed by atoms with Crippen LogP contribution in [-0.2, 0) is 11.2 Å². The number of nitrogens with one attached hydrogen (secondary N) is 1. The molecule has 1 amide bonds. The van der Waals surface area contributed by atoms with Crippen molar-refractivity contribution in [1.29, 1.82) is 0 Å². The van der Waals surface area contributed by atoms with Crippen LogP contribution in [-0.4, -0.2) is 53.4 Å². The lowest BCUT2D eigenvalue weighted by molar-refractivity contribution is -0.132. The molecule has 1 aliphatic rings. The number of nitrogens with zero attached hydrogens (tertiary/aromatic N) is 2. The van der Waals surface area contributed by atoms with Crippen molar-refractivity contribution in [3.63, 3.8) is 0 Å². The molecule has 0 atom stereocenters. The number of H-pyrrole nitrogens is 1. The monoisotopic (exact) mass is 313 g/mol. The van der Waals surface area contributed by atoms with Crippen molar-refractivity contribution < 1.29 is 4.79 Å². The largest absolute Gasteiger partial charge is 0.361 e. The molecular formula is C19H27N3O. The Morgan fingerprint density at radius 2 is 2.04 bits per heavy atom. The lowest BCUT2D eigenvalue weighted by Gasteiger charge is -2.36. The first-order valence-corrected chi connectivity index (χ1v) is 8.72. The Bertz CT molecular complexity index is 655. The topological polar surface area (TPSA) is 39.3 Å². The molecule has 0 radical (unpaired) electrons. The number of para-hydroxylation sites is 1. The van der Waals surface area contributed by atoms with Crippen molar-refractivity contribution in [2.24, 2.45) is 0 Å². The molecule has 124 valence electrons. The predicted octanol–water partition coefficient (Wildman–Crippen LogP) is 3.04. The van der Waals surface area contributed by atoms with Gasteiger partial charge in [0.15, 0.2) is 0 Å². The van der Waals surface area contributed by atoms with E-state index < -0.39 is 0 Å². The van der Waals surface area contributed by atoms with Crippen molar-refractivity contribution in [2.45, 2.75) is 38.6 Å². The first-order valence-electron chi connectivity index (χ1n) is 8.72. The Hall–Kier alpha value is -1.81. The number of hydrogen-bond donors (Lipinski definition) is 1. The van der Waals surface area contributed by atoms with Crippen LogP contribution in [0, 0.1) is 0 Å². The third-order valence-corrected chi connectivity index (χ3v) is 5.23. The van der Waals surface area contributed by atoms with Gasteiger partial charge in [-0.1, -0.05) is 25.1 Å². The Labute approximate surface area is 138 Å². The van der Waals surface area contributed by atoms with Crippen LogP contribution in [0.4, 0.5) is 0 Å². The van der Waals surface area contributed by atoms with E-state index in [1.54, 1.807) is 0 Å². The van der Waals surface area contributed by atoms with E-state index in [1.165, 1.54) is 10.9 Å². The van der Waals surface area contributed by atoms with Crippen LogP contribution < -0.4 is 0 Å². The smallest absolute Gasteiger partial charge is 0.222 e. The molecule has 0 saturated carbocycles. The van der Waals surface area contributed by atoms with E-state index in [-0.39, 0.29) is 5.91 Å². The molecule has 2 aromatic rings. The van der Waals surface area contributed by atoms with E-state index in [9.17, 15) is 4.79 Å². The van der Waals surface area contributed by atoms with Crippen LogP contribution in [0.15, 0.2) is 30.5 Å². The number of carbonyl (C=O) groups excluding carboxylic acids is 1. The van der Waals surface area contributed by atoms with Crippen LogP contribution in [0.2, 0.25) is 0 Å². The summed E-state index contributed by atoms with van der Waals surface area (Å²) in [6, 6.07) is 8.69. The van der Waals surface area contributed by atoms with Crippen LogP contribution in [0.3, 0.4) is 0 Å². The Morgan fingerprint density at radius 3 is 2.78 bits per heavy atom. The van der Waals surface area contributed by atoms with Gasteiger partial charge in [0.1, 0.15) is 0 Å². The van der Waals surface area contributed by atoms with Gasteiger partial charge in [0.05, 0.1) is 0 Å². The van der Waals surface area contributed by atoms with E-state index in [2.05, 4.69) is 35.0 Å². The molecule has 3 rings (SSSR count). The number of hydrogen-bond acceptors (Lipinski definition) is 2. The first kappa shape index (κ1) is 16.1. The summed E-state index contributed by atoms with van der Waals surface area (Å²) in [5, 5.41) is 1.24. The summed E-state index contributed by atoms with van der Waals surface area (Å²) in [6.07, 6.45) is 5.64. The lowest BCUT2D eigenvalue weighted by atomic mass is 10.0. The van der Waals surface area contributed by atoms with Gasteiger partial charge >= 0.3 is 0 Å². The second kappa shape index (κ2) is 7.18. The van der Waals surface area contributed by atoms with Gasteiger partial charge in [-0.25, -0.2) is 0 Å². The Kier molecular flexibility index (Phi) is 5.01. The lowest BCUT2D eigenvalue weighted by Crippen LogP contribution is -2.45. The van der Waals surface area contributed by atoms with Gasteiger partial charge in [0, 0.05) is 49.7 Å². The molecule has 2 heterocycles. The van der Waals surface area contributed by atoms with Crippen LogP contribution >= 0.6 is 0 Å². The molecule has 0 unspecified atom stereocenters. The number of rotatable bonds is 5. The van der Waals surface area contributed by atoms with Crippen molar-refractivity contribution >= 4 is 16.8 Å². The maximum atomic E-state index is 12.5. The normalized spacial score (nSPS) is 16.8. The fourth-order valence-electron chi connectivity index (χ4n) is 3.58. The number of likely N-dealkylation sites (tertiary alicyclic amines) is 1. The van der Waals surface area contributed by atoms with E-state index in [4.69, 9.17) is 0 Å². The predicted molar refractivity (Wildman–Crippen MR) is 94.5 cm³/mol. The van der Waals surface area contributed by atoms with Crippen molar-refractivity contribution in [2.75, 3.05) is 26.7 Å². The molecule has 1 aromatic carbocycles. The summed E-state index contributed by atoms with van der Waals surface area (Å²) in [4.78, 5) is 20.3. The average molecular weight is 313 g/mol. The van der Waals surface area contributed by atoms with E-state index >= 15 is 0 Å². The number of fused-ring (bicyclic) bond motifs is 1. The van der Waals surface area contributed by atoms with Crippen molar-refractivity contribution in [3.05, 3.63) is 36.0 Å². The number of benzene rings is 1. The maximum Gasteiger partial charge on any atom is 0.222 e. The molecule has 0 spiro atoms. The van der Waals surface area contributed by atoms with Gasteiger partial charge in [-0.15, -0.1) is 0 Å². The number of carbonyl (C=O) groups is 1. The Morgan fingerprint density at radius 1 is 1.30 bits per heavy atom. The fraction of sp³-hybridized carbons (Fsp3) is 0.526. The molecule has 0 aliphatic carbocycles. The molecule has 0 bridgehead atoms. The molecule has 1 fully saturated rings. The Balaban J connectivity index is 1.55. The molecule has 1 aliphatic heterocycles. The minimum absolute atomic E-state index is 0.269. The number of aryl methyl sites for hydroxylation is 1. The highest BCUT2D eigenvalue weighted by atomic mass is 16.2. The van der Waals surface area contributed by atoms with Crippen molar-refractivity contribution in [3.8, 4) is 0 Å². The highest BCUT2D eigenvalue weighted by Crippen LogP contribution is 2.20. The van der Waals surface area contributed by atoms with Gasteiger partial charge in [0.25, 0.3) is 0 Å². The maximum absolute atomic E-state index is 12.5. The summed E-state index contributed by atoms with van der Waals surface area (Å²) in [7, 11) is 1.98. The standard InChI is InChI=1S/C19H27N3O/c1-3-22-12-10-16(11-13-22)21(2)19(23)9-8-15-14-20-18-7-5-4-6-17(15)18/h4-7,14,16,20H,3,8-13H2,1-2H3. The zero-order valence-electron chi connectivity index (χ0n) is 14.2. The van der Waals surface area contributed by atoms with Crippen LogP contribution in [0.1, 0.15) is 31.7 Å². The summed E-state index contributed by atoms with van der Waals surface area (Å²) >= 11 is 0. The van der Waals surface area contributed by atoms with Gasteiger partial charge in [-0.05, 0) is 37.4 Å². The minimum Gasteiger partial charge on any atom is -0.361 e. The minimum atomic E-state index is 0.269. The number of aromatic nitrogens is 1. The van der Waals surface area contributed by atoms with E-state index in [0.29, 0.717) is 12.5 Å². The van der Waals surface area contributed by atoms with Gasteiger partial charge in [0.2, 0.25) is 5.91 Å². The number of aromatic amines is 1. The quantitative estimate of drug-likeness (QED) is 0.921. The molecular weight excluding hydrogens is 286 g/mol. The van der Waals surface area contributed by atoms with Crippen LogP contribution in [0.25, 0.3) is 10.9 Å². The summed E-state index contributed by atoms with van der Waals surface area (Å²) < 4.78 is 0. The van der Waals surface area contributed by atoms with Crippen molar-refractivity contribution in [1.82, 2.24) is 14.8 Å². The molecule has 1 saturated heterocycles. The third kappa shape index (κ3) is 3.58. The van der Waals surface area contributed by atoms with E-state index in [1.807, 2.05) is 24.2 Å². The highest BCUT2D eigenvalue weighted by molar-refractivity contribution is 5.84. The zero-order chi connectivity index (χ0) is 16.2. The van der Waals surface area contributed by atoms with Gasteiger partial charge in [-0.3, -0.25) is 4.79 Å². The summed E-state index contributed by atoms with van der Waals surface area (Å²) in [6.45, 7) is 5.55. The molecule has 23 heavy (non-hydrogen) atoms. The summed E-state index contributed by atoms with van der Waals surface area (Å²) in [5.41, 5.74) is 2.39. The SMILES string of the molecule is CCN1CCC(N(C)C(=O)CCc2c[nH]c3ccccc23)CC1. The van der Waals surface area contributed by atoms with E-state index in [0.717, 1.165) is 44.4 Å². The first-order chi connectivity index (χ1) is 11.2. The fourth-order valence-corrected chi connectivity index (χ4v) is 3.58. The second-order valence-electron chi connectivity index (χ2n) is 6.53. The van der Waals surface area contributed by atoms with Gasteiger partial charge < -0.3 is 14.8 Å². The second-order valence-corrected chi connectivity index (χ2v) is 6.53. The number of piperidine rings is 1. The zero-order valence-corrected chi connectivity index (χ0v) is 14.2. The molecule has 4 nitrogen and oxygen atoms in total. The van der Waals surface area contributed by atoms with Crippen LogP contribution in [0.5, 0.6) is 0 Å². The highest BCUT2D eigenvalue weighted by Gasteiger charge is 2.24. The molecule has 1 N–H and O–H groups in total. The molecule has 1 aromatic heterocycles. The molecule has 4 heteroatoms. The summed E-state index contributed by atoms with van der Waals surface area (Å²) in [5.74, 6) is 0.269. The number of amides is 1. The third-order valence-electron chi connectivity index (χ3n) is 5.23.